The van der Waals surface area contributed by atoms with Gasteiger partial charge in [0.15, 0.2) is 0 Å². The van der Waals surface area contributed by atoms with E-state index in [1.807, 2.05) is 0 Å². The predicted molar refractivity (Wildman–Crippen MR) is 56.0 cm³/mol. The van der Waals surface area contributed by atoms with Crippen LogP contribution in [0.15, 0.2) is 0 Å². The molecule has 0 spiro atoms. The average molecular weight is 169 g/mol. The van der Waals surface area contributed by atoms with Crippen molar-refractivity contribution < 1.29 is 0 Å². The van der Waals surface area contributed by atoms with Gasteiger partial charge in [-0.15, -0.1) is 0 Å². The topological polar surface area (TPSA) is 23.9 Å². The lowest BCUT2D eigenvalue weighted by molar-refractivity contribution is 0.640. The van der Waals surface area contributed by atoms with Gasteiger partial charge in [-0.05, 0) is 19.3 Å². The molecule has 0 saturated heterocycles. The Labute approximate surface area is 77.1 Å². The molecule has 1 N–H and O–H groups in total. The summed E-state index contributed by atoms with van der Waals surface area (Å²) in [5.41, 5.74) is 0.953. The van der Waals surface area contributed by atoms with Crippen molar-refractivity contribution in [2.75, 3.05) is 0 Å². The summed E-state index contributed by atoms with van der Waals surface area (Å²) in [6.45, 7) is 4.38. The molecule has 0 aliphatic heterocycles. The van der Waals surface area contributed by atoms with E-state index in [9.17, 15) is 0 Å². The van der Waals surface area contributed by atoms with Crippen LogP contribution in [0.25, 0.3) is 0 Å². The van der Waals surface area contributed by atoms with E-state index in [1.54, 1.807) is 0 Å². The molecule has 0 atom stereocenters. The molecule has 0 rings (SSSR count). The van der Waals surface area contributed by atoms with Crippen molar-refractivity contribution in [1.29, 1.82) is 5.41 Å². The first-order valence-corrected chi connectivity index (χ1v) is 5.37. The Bertz CT molecular complexity index is 108. The maximum absolute atomic E-state index is 7.57. The summed E-state index contributed by atoms with van der Waals surface area (Å²) in [7, 11) is 0. The third kappa shape index (κ3) is 7.77. The Kier molecular flexibility index (Phi) is 8.52. The zero-order valence-corrected chi connectivity index (χ0v) is 8.66. The Morgan fingerprint density at radius 1 is 0.833 bits per heavy atom. The second-order valence-corrected chi connectivity index (χ2v) is 3.52. The average Bonchev–Trinajstić information content (AvgIpc) is 2.05. The highest BCUT2D eigenvalue weighted by Gasteiger charge is 1.95. The summed E-state index contributed by atoms with van der Waals surface area (Å²) in [6, 6.07) is 0. The van der Waals surface area contributed by atoms with E-state index in [2.05, 4.69) is 13.8 Å². The van der Waals surface area contributed by atoms with Gasteiger partial charge in [0, 0.05) is 5.71 Å². The van der Waals surface area contributed by atoms with Gasteiger partial charge in [-0.25, -0.2) is 0 Å². The minimum absolute atomic E-state index is 0.953. The molecule has 0 aliphatic carbocycles. The molecule has 0 saturated carbocycles. The molecule has 1 nitrogen and oxygen atoms in total. The first-order valence-electron chi connectivity index (χ1n) is 5.37. The van der Waals surface area contributed by atoms with Crippen molar-refractivity contribution in [2.45, 2.75) is 65.2 Å². The van der Waals surface area contributed by atoms with Crippen LogP contribution < -0.4 is 0 Å². The lowest BCUT2D eigenvalue weighted by Gasteiger charge is -2.01. The van der Waals surface area contributed by atoms with E-state index in [0.717, 1.165) is 25.0 Å². The van der Waals surface area contributed by atoms with Gasteiger partial charge in [-0.2, -0.15) is 0 Å². The second kappa shape index (κ2) is 8.76. The van der Waals surface area contributed by atoms with Gasteiger partial charge < -0.3 is 5.41 Å². The fourth-order valence-corrected chi connectivity index (χ4v) is 1.37. The van der Waals surface area contributed by atoms with Crippen LogP contribution >= 0.6 is 0 Å². The number of rotatable bonds is 8. The number of nitrogens with one attached hydrogen (secondary N) is 1. The first kappa shape index (κ1) is 11.7. The van der Waals surface area contributed by atoms with Gasteiger partial charge in [-0.3, -0.25) is 0 Å². The van der Waals surface area contributed by atoms with Crippen molar-refractivity contribution in [3.05, 3.63) is 0 Å². The third-order valence-electron chi connectivity index (χ3n) is 2.13. The summed E-state index contributed by atoms with van der Waals surface area (Å²) in [6.07, 6.45) is 9.77. The molecule has 0 heterocycles. The van der Waals surface area contributed by atoms with Crippen molar-refractivity contribution in [2.24, 2.45) is 0 Å². The smallest absolute Gasteiger partial charge is 0.00890 e. The van der Waals surface area contributed by atoms with Gasteiger partial charge in [0.25, 0.3) is 0 Å². The predicted octanol–water partition coefficient (Wildman–Crippen LogP) is 4.17. The highest BCUT2D eigenvalue weighted by atomic mass is 14.4. The molecule has 0 fully saturated rings. The molecule has 0 aromatic carbocycles. The molecular weight excluding hydrogens is 146 g/mol. The number of hydrogen-bond acceptors (Lipinski definition) is 1. The van der Waals surface area contributed by atoms with Crippen LogP contribution in [0, 0.1) is 5.41 Å². The van der Waals surface area contributed by atoms with Gasteiger partial charge >= 0.3 is 0 Å². The molecule has 0 unspecified atom stereocenters. The molecule has 0 aliphatic rings. The molecule has 1 heteroatoms. The highest BCUT2D eigenvalue weighted by molar-refractivity contribution is 5.81. The standard InChI is InChI=1S/C11H23N/c1-3-5-6-7-8-10-11(12)9-4-2/h12H,3-10H2,1-2H3. The van der Waals surface area contributed by atoms with E-state index < -0.39 is 0 Å². The quantitative estimate of drug-likeness (QED) is 0.416. The Balaban J connectivity index is 3.03. The van der Waals surface area contributed by atoms with Crippen molar-refractivity contribution in [1.82, 2.24) is 0 Å². The SMILES string of the molecule is CCCCCCCC(=N)CCC. The van der Waals surface area contributed by atoms with Crippen LogP contribution in [-0.4, -0.2) is 5.71 Å². The number of unbranched alkanes of at least 4 members (excludes halogenated alkanes) is 4. The van der Waals surface area contributed by atoms with Gasteiger partial charge in [0.2, 0.25) is 0 Å². The molecule has 72 valence electrons. The molecule has 0 aromatic heterocycles. The van der Waals surface area contributed by atoms with Crippen LogP contribution in [-0.2, 0) is 0 Å². The van der Waals surface area contributed by atoms with E-state index in [4.69, 9.17) is 5.41 Å². The van der Waals surface area contributed by atoms with Crippen molar-refractivity contribution >= 4 is 5.71 Å². The maximum Gasteiger partial charge on any atom is 0.00890 e. The van der Waals surface area contributed by atoms with E-state index in [-0.39, 0.29) is 0 Å². The van der Waals surface area contributed by atoms with E-state index in [1.165, 1.54) is 32.1 Å². The summed E-state index contributed by atoms with van der Waals surface area (Å²) >= 11 is 0. The normalized spacial score (nSPS) is 10.2. The molecular formula is C11H23N. The number of hydrogen-bond donors (Lipinski definition) is 1. The minimum Gasteiger partial charge on any atom is -0.310 e. The molecule has 12 heavy (non-hydrogen) atoms. The van der Waals surface area contributed by atoms with Crippen LogP contribution in [0.4, 0.5) is 0 Å². The first-order chi connectivity index (χ1) is 5.81. The summed E-state index contributed by atoms with van der Waals surface area (Å²) < 4.78 is 0. The van der Waals surface area contributed by atoms with Gasteiger partial charge in [0.1, 0.15) is 0 Å². The largest absolute Gasteiger partial charge is 0.310 e. The monoisotopic (exact) mass is 169 g/mol. The Morgan fingerprint density at radius 3 is 2.08 bits per heavy atom. The van der Waals surface area contributed by atoms with Crippen molar-refractivity contribution in [3.8, 4) is 0 Å². The lowest BCUT2D eigenvalue weighted by Crippen LogP contribution is -1.94. The van der Waals surface area contributed by atoms with Crippen LogP contribution in [0.2, 0.25) is 0 Å². The van der Waals surface area contributed by atoms with Crippen molar-refractivity contribution in [3.63, 3.8) is 0 Å². The zero-order valence-electron chi connectivity index (χ0n) is 8.66. The Hall–Kier alpha value is -0.330. The summed E-state index contributed by atoms with van der Waals surface area (Å²) in [5, 5.41) is 7.57. The van der Waals surface area contributed by atoms with Crippen LogP contribution in [0.5, 0.6) is 0 Å². The van der Waals surface area contributed by atoms with Gasteiger partial charge in [0.05, 0.1) is 0 Å². The molecule has 0 radical (unpaired) electrons. The van der Waals surface area contributed by atoms with E-state index in [0.29, 0.717) is 0 Å². The van der Waals surface area contributed by atoms with E-state index >= 15 is 0 Å². The fraction of sp³-hybridized carbons (Fsp3) is 0.909. The molecule has 0 bridgehead atoms. The van der Waals surface area contributed by atoms with Crippen LogP contribution in [0.3, 0.4) is 0 Å². The summed E-state index contributed by atoms with van der Waals surface area (Å²) in [4.78, 5) is 0. The zero-order chi connectivity index (χ0) is 9.23. The minimum atomic E-state index is 0.953. The second-order valence-electron chi connectivity index (χ2n) is 3.52. The van der Waals surface area contributed by atoms with Crippen LogP contribution in [0.1, 0.15) is 65.2 Å². The lowest BCUT2D eigenvalue weighted by atomic mass is 10.1. The molecule has 0 amide bonds. The van der Waals surface area contributed by atoms with Gasteiger partial charge in [-0.1, -0.05) is 46.0 Å². The fourth-order valence-electron chi connectivity index (χ4n) is 1.37. The summed E-state index contributed by atoms with van der Waals surface area (Å²) in [5.74, 6) is 0. The highest BCUT2D eigenvalue weighted by Crippen LogP contribution is 2.07. The Morgan fingerprint density at radius 2 is 1.50 bits per heavy atom. The maximum atomic E-state index is 7.57. The molecule has 0 aromatic rings. The third-order valence-corrected chi connectivity index (χ3v) is 2.13.